The van der Waals surface area contributed by atoms with Crippen molar-refractivity contribution in [1.82, 2.24) is 5.32 Å². The maximum atomic E-state index is 13.7. The van der Waals surface area contributed by atoms with E-state index < -0.39 is 9.84 Å². The van der Waals surface area contributed by atoms with Gasteiger partial charge in [-0.05, 0) is 56.0 Å². The highest BCUT2D eigenvalue weighted by Gasteiger charge is 2.29. The van der Waals surface area contributed by atoms with Gasteiger partial charge < -0.3 is 5.32 Å². The molecule has 2 unspecified atom stereocenters. The van der Waals surface area contributed by atoms with E-state index in [-0.39, 0.29) is 29.3 Å². The van der Waals surface area contributed by atoms with Gasteiger partial charge in [-0.15, -0.1) is 0 Å². The second-order valence-electron chi connectivity index (χ2n) is 5.43. The summed E-state index contributed by atoms with van der Waals surface area (Å²) in [6.45, 7) is 0. The van der Waals surface area contributed by atoms with Crippen LogP contribution in [0.5, 0.6) is 0 Å². The molecule has 0 aromatic heterocycles. The third-order valence-electron chi connectivity index (χ3n) is 3.83. The van der Waals surface area contributed by atoms with Gasteiger partial charge in [-0.1, -0.05) is 11.6 Å². The Bertz CT molecular complexity index is 577. The Labute approximate surface area is 124 Å². The summed E-state index contributed by atoms with van der Waals surface area (Å²) in [6.07, 6.45) is 1.96. The summed E-state index contributed by atoms with van der Waals surface area (Å²) in [5, 5.41) is 3.66. The fourth-order valence-electron chi connectivity index (χ4n) is 2.73. The molecule has 1 N–H and O–H groups in total. The summed E-state index contributed by atoms with van der Waals surface area (Å²) in [5.41, 5.74) is 0.567. The minimum absolute atomic E-state index is 0.0567. The van der Waals surface area contributed by atoms with Gasteiger partial charge in [-0.25, -0.2) is 12.8 Å². The van der Waals surface area contributed by atoms with Crippen LogP contribution < -0.4 is 5.32 Å². The molecule has 1 aliphatic rings. The highest BCUT2D eigenvalue weighted by Crippen LogP contribution is 2.25. The third kappa shape index (κ3) is 4.17. The van der Waals surface area contributed by atoms with Gasteiger partial charge in [-0.2, -0.15) is 0 Å². The number of likely N-dealkylation sites (N-methyl/N-ethyl adjacent to an activating group) is 1. The Morgan fingerprint density at radius 1 is 1.50 bits per heavy atom. The van der Waals surface area contributed by atoms with Crippen LogP contribution in [0.25, 0.3) is 0 Å². The van der Waals surface area contributed by atoms with Crippen LogP contribution in [0.1, 0.15) is 18.4 Å². The van der Waals surface area contributed by atoms with E-state index in [1.807, 2.05) is 7.05 Å². The van der Waals surface area contributed by atoms with Gasteiger partial charge >= 0.3 is 0 Å². The van der Waals surface area contributed by atoms with Gasteiger partial charge in [0.15, 0.2) is 9.84 Å². The summed E-state index contributed by atoms with van der Waals surface area (Å²) < 4.78 is 36.7. The molecule has 20 heavy (non-hydrogen) atoms. The zero-order chi connectivity index (χ0) is 14.8. The van der Waals surface area contributed by atoms with Crippen LogP contribution in [-0.4, -0.2) is 33.0 Å². The quantitative estimate of drug-likeness (QED) is 0.906. The largest absolute Gasteiger partial charge is 0.317 e. The minimum atomic E-state index is -2.86. The number of sulfone groups is 1. The van der Waals surface area contributed by atoms with Crippen LogP contribution in [0, 0.1) is 11.7 Å². The number of benzene rings is 1. The molecule has 112 valence electrons. The van der Waals surface area contributed by atoms with E-state index in [1.165, 1.54) is 12.1 Å². The van der Waals surface area contributed by atoms with Gasteiger partial charge in [-0.3, -0.25) is 0 Å². The first-order valence-electron chi connectivity index (χ1n) is 6.71. The van der Waals surface area contributed by atoms with Crippen molar-refractivity contribution in [2.24, 2.45) is 5.92 Å². The van der Waals surface area contributed by atoms with Crippen LogP contribution in [0.4, 0.5) is 4.39 Å². The van der Waals surface area contributed by atoms with Crippen LogP contribution in [-0.2, 0) is 16.3 Å². The van der Waals surface area contributed by atoms with E-state index in [1.54, 1.807) is 6.07 Å². The van der Waals surface area contributed by atoms with E-state index in [9.17, 15) is 12.8 Å². The lowest BCUT2D eigenvalue weighted by Crippen LogP contribution is -2.30. The molecule has 3 nitrogen and oxygen atoms in total. The standard InChI is InChI=1S/C14H19ClFNO2S/c1-17-13(6-10-4-5-20(18,19)9-10)8-11-7-12(15)2-3-14(11)16/h2-3,7,10,13,17H,4-6,8-9H2,1H3. The molecular formula is C14H19ClFNO2S. The van der Waals surface area contributed by atoms with Crippen molar-refractivity contribution >= 4 is 21.4 Å². The first kappa shape index (κ1) is 15.7. The normalized spacial score (nSPS) is 22.9. The number of hydrogen-bond acceptors (Lipinski definition) is 3. The fourth-order valence-corrected chi connectivity index (χ4v) is 4.80. The lowest BCUT2D eigenvalue weighted by Gasteiger charge is -2.20. The van der Waals surface area contributed by atoms with Gasteiger partial charge in [0.25, 0.3) is 0 Å². The van der Waals surface area contributed by atoms with E-state index in [0.717, 1.165) is 6.42 Å². The van der Waals surface area contributed by atoms with Crippen molar-refractivity contribution in [2.45, 2.75) is 25.3 Å². The maximum Gasteiger partial charge on any atom is 0.150 e. The van der Waals surface area contributed by atoms with Gasteiger partial charge in [0.05, 0.1) is 11.5 Å². The highest BCUT2D eigenvalue weighted by molar-refractivity contribution is 7.91. The molecule has 1 saturated heterocycles. The predicted molar refractivity (Wildman–Crippen MR) is 79.3 cm³/mol. The monoisotopic (exact) mass is 319 g/mol. The molecule has 2 rings (SSSR count). The van der Waals surface area contributed by atoms with Crippen molar-refractivity contribution in [1.29, 1.82) is 0 Å². The van der Waals surface area contributed by atoms with Crippen LogP contribution in [0.3, 0.4) is 0 Å². The molecule has 1 aliphatic heterocycles. The smallest absolute Gasteiger partial charge is 0.150 e. The molecular weight excluding hydrogens is 301 g/mol. The molecule has 0 spiro atoms. The SMILES string of the molecule is CNC(Cc1cc(Cl)ccc1F)CC1CCS(=O)(=O)C1. The van der Waals surface area contributed by atoms with E-state index in [0.29, 0.717) is 23.4 Å². The van der Waals surface area contributed by atoms with Crippen molar-refractivity contribution in [3.05, 3.63) is 34.6 Å². The second-order valence-corrected chi connectivity index (χ2v) is 8.10. The zero-order valence-corrected chi connectivity index (χ0v) is 13.0. The second kappa shape index (κ2) is 6.41. The summed E-state index contributed by atoms with van der Waals surface area (Å²) in [5.74, 6) is 0.427. The third-order valence-corrected chi connectivity index (χ3v) is 5.90. The lowest BCUT2D eigenvalue weighted by molar-refractivity contribution is 0.419. The Morgan fingerprint density at radius 3 is 2.85 bits per heavy atom. The Balaban J connectivity index is 2.01. The zero-order valence-electron chi connectivity index (χ0n) is 11.4. The van der Waals surface area contributed by atoms with Crippen LogP contribution >= 0.6 is 11.6 Å². The van der Waals surface area contributed by atoms with Gasteiger partial charge in [0, 0.05) is 11.1 Å². The topological polar surface area (TPSA) is 46.2 Å². The molecule has 0 amide bonds. The average molecular weight is 320 g/mol. The molecule has 1 aromatic rings. The molecule has 0 bridgehead atoms. The average Bonchev–Trinajstić information content (AvgIpc) is 2.72. The molecule has 2 atom stereocenters. The molecule has 0 saturated carbocycles. The fraction of sp³-hybridized carbons (Fsp3) is 0.571. The predicted octanol–water partition coefficient (Wildman–Crippen LogP) is 2.43. The highest BCUT2D eigenvalue weighted by atomic mass is 35.5. The molecule has 1 fully saturated rings. The van der Waals surface area contributed by atoms with E-state index >= 15 is 0 Å². The Morgan fingerprint density at radius 2 is 2.25 bits per heavy atom. The molecule has 1 heterocycles. The van der Waals surface area contributed by atoms with E-state index in [2.05, 4.69) is 5.32 Å². The van der Waals surface area contributed by atoms with Gasteiger partial charge in [0.2, 0.25) is 0 Å². The van der Waals surface area contributed by atoms with Gasteiger partial charge in [0.1, 0.15) is 5.82 Å². The van der Waals surface area contributed by atoms with Crippen molar-refractivity contribution < 1.29 is 12.8 Å². The Hall–Kier alpha value is -0.650. The number of rotatable bonds is 5. The molecule has 0 radical (unpaired) electrons. The van der Waals surface area contributed by atoms with Crippen LogP contribution in [0.15, 0.2) is 18.2 Å². The number of hydrogen-bond donors (Lipinski definition) is 1. The van der Waals surface area contributed by atoms with Crippen molar-refractivity contribution in [3.63, 3.8) is 0 Å². The van der Waals surface area contributed by atoms with Crippen LogP contribution in [0.2, 0.25) is 5.02 Å². The molecule has 1 aromatic carbocycles. The summed E-state index contributed by atoms with van der Waals surface area (Å²) >= 11 is 5.88. The van der Waals surface area contributed by atoms with Crippen molar-refractivity contribution in [2.75, 3.05) is 18.6 Å². The summed E-state index contributed by atoms with van der Waals surface area (Å²) in [6, 6.07) is 4.58. The first-order chi connectivity index (χ1) is 9.39. The molecule has 0 aliphatic carbocycles. The molecule has 6 heteroatoms. The number of halogens is 2. The summed E-state index contributed by atoms with van der Waals surface area (Å²) in [7, 11) is -1.04. The van der Waals surface area contributed by atoms with E-state index in [4.69, 9.17) is 11.6 Å². The minimum Gasteiger partial charge on any atom is -0.317 e. The van der Waals surface area contributed by atoms with Crippen molar-refractivity contribution in [3.8, 4) is 0 Å². The maximum absolute atomic E-state index is 13.7. The number of nitrogens with one attached hydrogen (secondary N) is 1. The first-order valence-corrected chi connectivity index (χ1v) is 8.91. The Kier molecular flexibility index (Phi) is 5.04. The lowest BCUT2D eigenvalue weighted by atomic mass is 9.94. The summed E-state index contributed by atoms with van der Waals surface area (Å²) in [4.78, 5) is 0.